The van der Waals surface area contributed by atoms with Crippen LogP contribution >= 0.6 is 0 Å². The summed E-state index contributed by atoms with van der Waals surface area (Å²) < 4.78 is 4.99. The average Bonchev–Trinajstić information content (AvgIpc) is 2.14. The van der Waals surface area contributed by atoms with Crippen LogP contribution in [0.3, 0.4) is 0 Å². The third-order valence-electron chi connectivity index (χ3n) is 1.83. The topological polar surface area (TPSA) is 55.4 Å². The summed E-state index contributed by atoms with van der Waals surface area (Å²) in [5, 5.41) is 2.71. The van der Waals surface area contributed by atoms with Crippen LogP contribution in [0, 0.1) is 11.8 Å². The summed E-state index contributed by atoms with van der Waals surface area (Å²) in [4.78, 5) is 22.3. The van der Waals surface area contributed by atoms with Crippen LogP contribution in [0.4, 0.5) is 0 Å². The van der Waals surface area contributed by atoms with Gasteiger partial charge in [-0.2, -0.15) is 0 Å². The van der Waals surface area contributed by atoms with Gasteiger partial charge in [-0.15, -0.1) is 0 Å². The molecule has 4 heteroatoms. The molecule has 0 aliphatic heterocycles. The van der Waals surface area contributed by atoms with E-state index < -0.39 is 0 Å². The number of carbonyl (C=O) groups is 2. The summed E-state index contributed by atoms with van der Waals surface area (Å²) in [6.45, 7) is 8.28. The second-order valence-electron chi connectivity index (χ2n) is 4.31. The van der Waals surface area contributed by atoms with E-state index in [1.807, 2.05) is 27.7 Å². The van der Waals surface area contributed by atoms with E-state index in [1.165, 1.54) is 0 Å². The second kappa shape index (κ2) is 7.40. The van der Waals surface area contributed by atoms with Crippen molar-refractivity contribution in [2.45, 2.75) is 27.7 Å². The average molecular weight is 215 g/mol. The third-order valence-corrected chi connectivity index (χ3v) is 1.83. The zero-order valence-corrected chi connectivity index (χ0v) is 10.0. The molecule has 0 aromatic carbocycles. The van der Waals surface area contributed by atoms with Gasteiger partial charge in [0, 0.05) is 12.5 Å². The van der Waals surface area contributed by atoms with Crippen LogP contribution in [-0.4, -0.2) is 31.4 Å². The predicted molar refractivity (Wildman–Crippen MR) is 58.5 cm³/mol. The Balaban J connectivity index is 3.51. The normalized spacial score (nSPS) is 10.8. The van der Waals surface area contributed by atoms with Gasteiger partial charge < -0.3 is 10.1 Å². The molecule has 0 radical (unpaired) electrons. The van der Waals surface area contributed by atoms with E-state index in [0.717, 1.165) is 0 Å². The molecule has 0 bridgehead atoms. The van der Waals surface area contributed by atoms with Crippen LogP contribution in [-0.2, 0) is 14.3 Å². The number of rotatable bonds is 7. The van der Waals surface area contributed by atoms with Gasteiger partial charge in [0.05, 0.1) is 0 Å². The molecule has 0 unspecified atom stereocenters. The minimum Gasteiger partial charge on any atom is -0.364 e. The van der Waals surface area contributed by atoms with E-state index in [-0.39, 0.29) is 30.8 Å². The molecule has 88 valence electrons. The van der Waals surface area contributed by atoms with Crippen molar-refractivity contribution in [1.29, 1.82) is 0 Å². The van der Waals surface area contributed by atoms with Crippen molar-refractivity contribution in [3.63, 3.8) is 0 Å². The summed E-state index contributed by atoms with van der Waals surface area (Å²) in [5.41, 5.74) is 0. The zero-order chi connectivity index (χ0) is 11.8. The smallest absolute Gasteiger partial charge is 0.246 e. The molecule has 0 spiro atoms. The fourth-order valence-corrected chi connectivity index (χ4v) is 0.780. The molecule has 0 aromatic heterocycles. The van der Waals surface area contributed by atoms with E-state index >= 15 is 0 Å². The Morgan fingerprint density at radius 2 is 1.73 bits per heavy atom. The SMILES string of the molecule is CC(C)CNC(=O)COCC(=O)C(C)C. The first-order chi connectivity index (χ1) is 6.93. The van der Waals surface area contributed by atoms with Gasteiger partial charge in [0.25, 0.3) is 0 Å². The molecule has 0 rings (SSSR count). The van der Waals surface area contributed by atoms with E-state index in [1.54, 1.807) is 0 Å². The lowest BCUT2D eigenvalue weighted by molar-refractivity contribution is -0.131. The number of ketones is 1. The minimum atomic E-state index is -0.166. The number of Topliss-reactive ketones (excluding diaryl/α,β-unsaturated/α-hetero) is 1. The maximum Gasteiger partial charge on any atom is 0.246 e. The fraction of sp³-hybridized carbons (Fsp3) is 0.818. The molecule has 0 saturated heterocycles. The highest BCUT2D eigenvalue weighted by Crippen LogP contribution is 1.94. The summed E-state index contributed by atoms with van der Waals surface area (Å²) in [6, 6.07) is 0. The minimum absolute atomic E-state index is 0.0201. The standard InChI is InChI=1S/C11H21NO3/c1-8(2)5-12-11(14)7-15-6-10(13)9(3)4/h8-9H,5-7H2,1-4H3,(H,12,14). The Labute approximate surface area is 91.4 Å². The molecule has 15 heavy (non-hydrogen) atoms. The Morgan fingerprint density at radius 1 is 1.13 bits per heavy atom. The number of nitrogens with one attached hydrogen (secondary N) is 1. The predicted octanol–water partition coefficient (Wildman–Crippen LogP) is 1.00. The molecule has 0 saturated carbocycles. The van der Waals surface area contributed by atoms with E-state index in [4.69, 9.17) is 4.74 Å². The number of carbonyl (C=O) groups excluding carboxylic acids is 2. The molecular weight excluding hydrogens is 194 g/mol. The van der Waals surface area contributed by atoms with Gasteiger partial charge >= 0.3 is 0 Å². The molecule has 1 amide bonds. The summed E-state index contributed by atoms with van der Waals surface area (Å²) in [7, 11) is 0. The molecular formula is C11H21NO3. The summed E-state index contributed by atoms with van der Waals surface area (Å²) >= 11 is 0. The highest BCUT2D eigenvalue weighted by atomic mass is 16.5. The number of hydrogen-bond acceptors (Lipinski definition) is 3. The van der Waals surface area contributed by atoms with Crippen molar-refractivity contribution >= 4 is 11.7 Å². The number of amides is 1. The second-order valence-corrected chi connectivity index (χ2v) is 4.31. The first-order valence-corrected chi connectivity index (χ1v) is 5.30. The Bertz CT molecular complexity index is 212. The third kappa shape index (κ3) is 8.12. The Morgan fingerprint density at radius 3 is 2.20 bits per heavy atom. The van der Waals surface area contributed by atoms with Crippen LogP contribution in [0.5, 0.6) is 0 Å². The van der Waals surface area contributed by atoms with Gasteiger partial charge in [-0.3, -0.25) is 9.59 Å². The van der Waals surface area contributed by atoms with Gasteiger partial charge in [0.1, 0.15) is 13.2 Å². The van der Waals surface area contributed by atoms with Crippen LogP contribution < -0.4 is 5.32 Å². The van der Waals surface area contributed by atoms with Crippen molar-refractivity contribution in [2.75, 3.05) is 19.8 Å². The molecule has 0 fully saturated rings. The van der Waals surface area contributed by atoms with Crippen molar-refractivity contribution in [3.8, 4) is 0 Å². The molecule has 0 aromatic rings. The van der Waals surface area contributed by atoms with E-state index in [0.29, 0.717) is 12.5 Å². The van der Waals surface area contributed by atoms with Crippen molar-refractivity contribution in [2.24, 2.45) is 11.8 Å². The summed E-state index contributed by atoms with van der Waals surface area (Å²) in [6.07, 6.45) is 0. The molecule has 0 aliphatic carbocycles. The van der Waals surface area contributed by atoms with Gasteiger partial charge in [-0.1, -0.05) is 27.7 Å². The molecule has 0 heterocycles. The maximum atomic E-state index is 11.2. The quantitative estimate of drug-likeness (QED) is 0.689. The van der Waals surface area contributed by atoms with Crippen LogP contribution in [0.2, 0.25) is 0 Å². The Hall–Kier alpha value is -0.900. The van der Waals surface area contributed by atoms with E-state index in [2.05, 4.69) is 5.32 Å². The van der Waals surface area contributed by atoms with Gasteiger partial charge in [0.2, 0.25) is 5.91 Å². The van der Waals surface area contributed by atoms with Crippen molar-refractivity contribution in [3.05, 3.63) is 0 Å². The lowest BCUT2D eigenvalue weighted by Crippen LogP contribution is -2.31. The van der Waals surface area contributed by atoms with Gasteiger partial charge in [-0.05, 0) is 5.92 Å². The van der Waals surface area contributed by atoms with Crippen molar-refractivity contribution < 1.29 is 14.3 Å². The van der Waals surface area contributed by atoms with Crippen LogP contribution in [0.15, 0.2) is 0 Å². The van der Waals surface area contributed by atoms with Crippen LogP contribution in [0.1, 0.15) is 27.7 Å². The zero-order valence-electron chi connectivity index (χ0n) is 10.0. The lowest BCUT2D eigenvalue weighted by atomic mass is 10.1. The summed E-state index contributed by atoms with van der Waals surface area (Å²) in [5.74, 6) is 0.238. The van der Waals surface area contributed by atoms with Gasteiger partial charge in [0.15, 0.2) is 5.78 Å². The first kappa shape index (κ1) is 14.1. The monoisotopic (exact) mass is 215 g/mol. The Kier molecular flexibility index (Phi) is 6.96. The maximum absolute atomic E-state index is 11.2. The fourth-order valence-electron chi connectivity index (χ4n) is 0.780. The number of hydrogen-bond donors (Lipinski definition) is 1. The largest absolute Gasteiger partial charge is 0.364 e. The highest BCUT2D eigenvalue weighted by molar-refractivity contribution is 5.82. The molecule has 4 nitrogen and oxygen atoms in total. The van der Waals surface area contributed by atoms with Gasteiger partial charge in [-0.25, -0.2) is 0 Å². The van der Waals surface area contributed by atoms with E-state index in [9.17, 15) is 9.59 Å². The number of ether oxygens (including phenoxy) is 1. The highest BCUT2D eigenvalue weighted by Gasteiger charge is 2.08. The molecule has 0 atom stereocenters. The molecule has 0 aliphatic rings. The van der Waals surface area contributed by atoms with Crippen LogP contribution in [0.25, 0.3) is 0 Å². The first-order valence-electron chi connectivity index (χ1n) is 5.30. The lowest BCUT2D eigenvalue weighted by Gasteiger charge is -2.08. The molecule has 1 N–H and O–H groups in total. The van der Waals surface area contributed by atoms with Crippen molar-refractivity contribution in [1.82, 2.24) is 5.32 Å².